The normalized spacial score (nSPS) is 19.2. The van der Waals surface area contributed by atoms with Gasteiger partial charge in [-0.15, -0.1) is 0 Å². The third kappa shape index (κ3) is 17.5. The van der Waals surface area contributed by atoms with Crippen LogP contribution in [0.4, 0.5) is 4.79 Å². The highest BCUT2D eigenvalue weighted by atomic mass is 32.2. The van der Waals surface area contributed by atoms with E-state index in [1.54, 1.807) is 0 Å². The molecule has 0 spiro atoms. The van der Waals surface area contributed by atoms with Crippen LogP contribution >= 0.6 is 11.8 Å². The van der Waals surface area contributed by atoms with Crippen LogP contribution in [0.1, 0.15) is 52.4 Å². The fourth-order valence-corrected chi connectivity index (χ4v) is 5.71. The predicted octanol–water partition coefficient (Wildman–Crippen LogP) is 0.288. The van der Waals surface area contributed by atoms with Crippen molar-refractivity contribution < 1.29 is 38.1 Å². The van der Waals surface area contributed by atoms with Crippen molar-refractivity contribution in [3.63, 3.8) is 0 Å². The van der Waals surface area contributed by atoms with E-state index >= 15 is 0 Å². The maximum atomic E-state index is 12.4. The summed E-state index contributed by atoms with van der Waals surface area (Å²) in [5, 5.41) is 8.85. The van der Waals surface area contributed by atoms with Crippen molar-refractivity contribution in [3.8, 4) is 0 Å². The van der Waals surface area contributed by atoms with Crippen molar-refractivity contribution in [2.45, 2.75) is 69.7 Å². The Morgan fingerprint density at radius 2 is 1.48 bits per heavy atom. The van der Waals surface area contributed by atoms with Crippen LogP contribution in [-0.2, 0) is 33.3 Å². The molecule has 1 fully saturated rings. The van der Waals surface area contributed by atoms with Gasteiger partial charge < -0.3 is 46.4 Å². The summed E-state index contributed by atoms with van der Waals surface area (Å²) in [5.74, 6) is 0.453. The van der Waals surface area contributed by atoms with Crippen LogP contribution in [0.5, 0.6) is 0 Å². The quantitative estimate of drug-likeness (QED) is 0.0981. The van der Waals surface area contributed by atoms with Crippen LogP contribution < -0.4 is 27.4 Å². The van der Waals surface area contributed by atoms with Gasteiger partial charge in [-0.1, -0.05) is 20.3 Å². The Labute approximate surface area is 241 Å². The number of hydrogen-bond acceptors (Lipinski definition) is 9. The molecule has 7 N–H and O–H groups in total. The van der Waals surface area contributed by atoms with Gasteiger partial charge in [0.1, 0.15) is 6.04 Å². The number of ether oxygens (including phenoxy) is 4. The van der Waals surface area contributed by atoms with Gasteiger partial charge in [0.2, 0.25) is 17.7 Å². The molecule has 0 unspecified atom stereocenters. The van der Waals surface area contributed by atoms with Gasteiger partial charge in [-0.3, -0.25) is 14.4 Å². The average molecular weight is 592 g/mol. The zero-order chi connectivity index (χ0) is 29.6. The third-order valence-electron chi connectivity index (χ3n) is 6.40. The van der Waals surface area contributed by atoms with E-state index in [2.05, 4.69) is 22.9 Å². The molecular formula is C26H49N5O8S. The summed E-state index contributed by atoms with van der Waals surface area (Å²) in [6, 6.07) is -0.960. The first kappa shape index (κ1) is 35.9. The molecule has 0 aromatic carbocycles. The Kier molecular flexibility index (Phi) is 20.2. The van der Waals surface area contributed by atoms with E-state index in [9.17, 15) is 19.2 Å². The Morgan fingerprint density at radius 3 is 2.05 bits per heavy atom. The Hall–Kier alpha value is -2.13. The molecule has 5 amide bonds. The first-order chi connectivity index (χ1) is 19.2. The first-order valence-electron chi connectivity index (χ1n) is 14.1. The Morgan fingerprint density at radius 1 is 0.875 bits per heavy atom. The molecule has 4 atom stereocenters. The minimum Gasteiger partial charge on any atom is -0.379 e. The molecule has 232 valence electrons. The van der Waals surface area contributed by atoms with Crippen LogP contribution in [0.3, 0.4) is 0 Å². The Balaban J connectivity index is 1.99. The number of nitrogens with one attached hydrogen (secondary N) is 3. The second-order valence-corrected chi connectivity index (χ2v) is 10.8. The van der Waals surface area contributed by atoms with Gasteiger partial charge in [-0.05, 0) is 25.2 Å². The topological polar surface area (TPSA) is 193 Å². The third-order valence-corrected chi connectivity index (χ3v) is 8.04. The molecule has 0 aromatic heterocycles. The van der Waals surface area contributed by atoms with E-state index in [-0.39, 0.29) is 24.3 Å². The van der Waals surface area contributed by atoms with E-state index in [4.69, 9.17) is 30.4 Å². The lowest BCUT2D eigenvalue weighted by Crippen LogP contribution is -2.47. The first-order valence-corrected chi connectivity index (χ1v) is 15.1. The number of unbranched alkanes of at least 4 members (excludes halogenated alkanes) is 1. The minimum atomic E-state index is -0.574. The molecular weight excluding hydrogens is 542 g/mol. The fraction of sp³-hybridized carbons (Fsp3) is 0.846. The molecule has 13 nitrogen and oxygen atoms in total. The lowest BCUT2D eigenvalue weighted by atomic mass is 9.96. The van der Waals surface area contributed by atoms with Crippen LogP contribution in [0, 0.1) is 5.92 Å². The van der Waals surface area contributed by atoms with Gasteiger partial charge in [0.15, 0.2) is 0 Å². The number of urea groups is 1. The smallest absolute Gasteiger partial charge is 0.312 e. The molecule has 0 aliphatic carbocycles. The second kappa shape index (κ2) is 22.5. The SMILES string of the molecule is CC[C@@H](NC(=O)CCCC[C@@H]1SC[C@H](NC(N)=O)[C@@H]1C)C(=O)NCCOCCOCCOCCOCCC(N)=O. The highest BCUT2D eigenvalue weighted by Crippen LogP contribution is 2.35. The number of carbonyl (C=O) groups is 4. The Bertz CT molecular complexity index is 748. The summed E-state index contributed by atoms with van der Waals surface area (Å²) in [6.45, 7) is 7.40. The van der Waals surface area contributed by atoms with Gasteiger partial charge in [0, 0.05) is 36.4 Å². The minimum absolute atomic E-state index is 0.100. The molecule has 14 heteroatoms. The summed E-state index contributed by atoms with van der Waals surface area (Å²) in [6.07, 6.45) is 3.70. The number of hydrogen-bond donors (Lipinski definition) is 5. The molecule has 1 aliphatic heterocycles. The second-order valence-electron chi connectivity index (χ2n) is 9.58. The average Bonchev–Trinajstić information content (AvgIpc) is 3.25. The highest BCUT2D eigenvalue weighted by Gasteiger charge is 2.33. The van der Waals surface area contributed by atoms with Crippen molar-refractivity contribution in [1.82, 2.24) is 16.0 Å². The molecule has 40 heavy (non-hydrogen) atoms. The summed E-state index contributed by atoms with van der Waals surface area (Å²) in [5.41, 5.74) is 10.2. The number of carbonyl (C=O) groups excluding carboxylic acids is 4. The number of nitrogens with two attached hydrogens (primary N) is 2. The highest BCUT2D eigenvalue weighted by molar-refractivity contribution is 8.00. The van der Waals surface area contributed by atoms with Crippen molar-refractivity contribution in [2.24, 2.45) is 17.4 Å². The van der Waals surface area contributed by atoms with E-state index < -0.39 is 18.0 Å². The maximum Gasteiger partial charge on any atom is 0.312 e. The molecule has 1 saturated heterocycles. The zero-order valence-corrected chi connectivity index (χ0v) is 24.8. The predicted molar refractivity (Wildman–Crippen MR) is 153 cm³/mol. The fourth-order valence-electron chi connectivity index (χ4n) is 4.05. The van der Waals surface area contributed by atoms with Gasteiger partial charge in [0.05, 0.1) is 52.9 Å². The molecule has 0 bridgehead atoms. The van der Waals surface area contributed by atoms with Gasteiger partial charge in [0.25, 0.3) is 0 Å². The molecule has 0 radical (unpaired) electrons. The van der Waals surface area contributed by atoms with Crippen LogP contribution in [-0.4, -0.2) is 106 Å². The van der Waals surface area contributed by atoms with Crippen LogP contribution in [0.2, 0.25) is 0 Å². The molecule has 1 rings (SSSR count). The molecule has 0 aromatic rings. The van der Waals surface area contributed by atoms with E-state index in [0.717, 1.165) is 25.0 Å². The number of primary amides is 2. The summed E-state index contributed by atoms with van der Waals surface area (Å²) < 4.78 is 21.4. The van der Waals surface area contributed by atoms with Crippen molar-refractivity contribution in [3.05, 3.63) is 0 Å². The number of thioether (sulfide) groups is 1. The van der Waals surface area contributed by atoms with Crippen LogP contribution in [0.25, 0.3) is 0 Å². The largest absolute Gasteiger partial charge is 0.379 e. The standard InChI is InChI=1S/C26H49N5O8S/c1-3-20(30-24(33)7-5-4-6-22-19(2)21(18-40-22)31-26(28)35)25(34)29-9-11-37-13-15-39-17-16-38-14-12-36-10-8-23(27)32/h19-22H,3-18H2,1-2H3,(H2,27,32)(H,29,34)(H,30,33)(H3,28,31,35)/t19-,20+,21-,22-/m0/s1. The summed E-state index contributed by atoms with van der Waals surface area (Å²) in [4.78, 5) is 46.4. The van der Waals surface area contributed by atoms with Crippen molar-refractivity contribution >= 4 is 35.5 Å². The van der Waals surface area contributed by atoms with Crippen LogP contribution in [0.15, 0.2) is 0 Å². The lowest BCUT2D eigenvalue weighted by Gasteiger charge is -2.20. The van der Waals surface area contributed by atoms with Crippen molar-refractivity contribution in [1.29, 1.82) is 0 Å². The van der Waals surface area contributed by atoms with Crippen molar-refractivity contribution in [2.75, 3.05) is 65.2 Å². The summed E-state index contributed by atoms with van der Waals surface area (Å²) >= 11 is 1.84. The number of rotatable bonds is 24. The van der Waals surface area contributed by atoms with Gasteiger partial charge >= 0.3 is 6.03 Å². The molecule has 0 saturated carbocycles. The maximum absolute atomic E-state index is 12.4. The zero-order valence-electron chi connectivity index (χ0n) is 24.0. The van der Waals surface area contributed by atoms with Gasteiger partial charge in [-0.2, -0.15) is 11.8 Å². The lowest BCUT2D eigenvalue weighted by molar-refractivity contribution is -0.129. The molecule has 1 heterocycles. The van der Waals surface area contributed by atoms with E-state index in [0.29, 0.717) is 83.4 Å². The summed E-state index contributed by atoms with van der Waals surface area (Å²) in [7, 11) is 0. The van der Waals surface area contributed by atoms with E-state index in [1.807, 2.05) is 18.7 Å². The number of amides is 5. The van der Waals surface area contributed by atoms with E-state index in [1.165, 1.54) is 0 Å². The molecule has 1 aliphatic rings. The van der Waals surface area contributed by atoms with Gasteiger partial charge in [-0.25, -0.2) is 4.79 Å². The monoisotopic (exact) mass is 591 g/mol.